The molecule has 1 saturated carbocycles. The number of carbonyl (C=O) groups is 2. The van der Waals surface area contributed by atoms with Crippen LogP contribution in [0.2, 0.25) is 0 Å². The van der Waals surface area contributed by atoms with Crippen molar-refractivity contribution in [3.63, 3.8) is 0 Å². The van der Waals surface area contributed by atoms with E-state index in [1.807, 2.05) is 13.8 Å². The SMILES string of the molecule is CCOC(=O)C1C(C)=NC2=C(C(=O)CC(C)(C)C2)[C@H]1CCC1CCCCC1. The van der Waals surface area contributed by atoms with Gasteiger partial charge in [0, 0.05) is 29.3 Å². The highest BCUT2D eigenvalue weighted by Gasteiger charge is 2.45. The van der Waals surface area contributed by atoms with Crippen molar-refractivity contribution in [3.8, 4) is 0 Å². The summed E-state index contributed by atoms with van der Waals surface area (Å²) in [6.45, 7) is 8.40. The van der Waals surface area contributed by atoms with E-state index in [0.29, 0.717) is 13.0 Å². The van der Waals surface area contributed by atoms with Gasteiger partial charge in [-0.1, -0.05) is 46.0 Å². The van der Waals surface area contributed by atoms with E-state index in [4.69, 9.17) is 9.73 Å². The summed E-state index contributed by atoms with van der Waals surface area (Å²) in [4.78, 5) is 30.6. The molecule has 4 nitrogen and oxygen atoms in total. The van der Waals surface area contributed by atoms with E-state index in [1.165, 1.54) is 32.1 Å². The molecule has 0 saturated heterocycles. The van der Waals surface area contributed by atoms with Gasteiger partial charge in [0.05, 0.1) is 6.61 Å². The van der Waals surface area contributed by atoms with Crippen LogP contribution in [0.15, 0.2) is 16.3 Å². The van der Waals surface area contributed by atoms with Crippen LogP contribution in [-0.2, 0) is 14.3 Å². The predicted molar refractivity (Wildman–Crippen MR) is 108 cm³/mol. The molecule has 1 aliphatic heterocycles. The number of esters is 1. The fourth-order valence-electron chi connectivity index (χ4n) is 5.33. The monoisotopic (exact) mass is 373 g/mol. The van der Waals surface area contributed by atoms with Gasteiger partial charge < -0.3 is 4.74 Å². The summed E-state index contributed by atoms with van der Waals surface area (Å²) in [5, 5.41) is 0. The smallest absolute Gasteiger partial charge is 0.315 e. The average Bonchev–Trinajstić information content (AvgIpc) is 2.59. The molecule has 2 atom stereocenters. The zero-order valence-electron chi connectivity index (χ0n) is 17.5. The molecule has 3 aliphatic rings. The van der Waals surface area contributed by atoms with Crippen molar-refractivity contribution < 1.29 is 14.3 Å². The number of ether oxygens (including phenoxy) is 1. The van der Waals surface area contributed by atoms with Crippen LogP contribution in [0.3, 0.4) is 0 Å². The Kier molecular flexibility index (Phi) is 6.22. The summed E-state index contributed by atoms with van der Waals surface area (Å²) in [6, 6.07) is 0. The van der Waals surface area contributed by atoms with Crippen molar-refractivity contribution in [1.82, 2.24) is 0 Å². The van der Waals surface area contributed by atoms with Crippen molar-refractivity contribution in [2.75, 3.05) is 6.61 Å². The Bertz CT molecular complexity index is 653. The fraction of sp³-hybridized carbons (Fsp3) is 0.783. The molecule has 4 heteroatoms. The van der Waals surface area contributed by atoms with Gasteiger partial charge in [-0.15, -0.1) is 0 Å². The van der Waals surface area contributed by atoms with Gasteiger partial charge in [-0.2, -0.15) is 0 Å². The number of carbonyl (C=O) groups excluding carboxylic acids is 2. The largest absolute Gasteiger partial charge is 0.465 e. The van der Waals surface area contributed by atoms with Crippen LogP contribution in [0.5, 0.6) is 0 Å². The number of aliphatic imine (C=N–C) groups is 1. The maximum Gasteiger partial charge on any atom is 0.315 e. The van der Waals surface area contributed by atoms with Crippen LogP contribution in [0.4, 0.5) is 0 Å². The number of Topliss-reactive ketones (excluding diaryl/α,β-unsaturated/α-hetero) is 1. The van der Waals surface area contributed by atoms with Gasteiger partial charge in [0.1, 0.15) is 5.92 Å². The molecule has 27 heavy (non-hydrogen) atoms. The number of rotatable bonds is 5. The number of allylic oxidation sites excluding steroid dienone is 2. The van der Waals surface area contributed by atoms with Crippen molar-refractivity contribution in [3.05, 3.63) is 11.3 Å². The molecule has 2 aliphatic carbocycles. The van der Waals surface area contributed by atoms with E-state index in [2.05, 4.69) is 13.8 Å². The minimum absolute atomic E-state index is 0.0512. The highest BCUT2D eigenvalue weighted by Crippen LogP contribution is 2.46. The third kappa shape index (κ3) is 4.52. The van der Waals surface area contributed by atoms with Gasteiger partial charge in [0.15, 0.2) is 5.78 Å². The Hall–Kier alpha value is -1.45. The van der Waals surface area contributed by atoms with E-state index < -0.39 is 5.92 Å². The molecule has 0 aromatic rings. The Morgan fingerprint density at radius 2 is 1.85 bits per heavy atom. The van der Waals surface area contributed by atoms with Crippen molar-refractivity contribution >= 4 is 17.5 Å². The summed E-state index contributed by atoms with van der Waals surface area (Å²) in [5.74, 6) is 0.275. The molecule has 0 aromatic heterocycles. The van der Waals surface area contributed by atoms with Gasteiger partial charge in [-0.25, -0.2) is 0 Å². The topological polar surface area (TPSA) is 55.7 Å². The van der Waals surface area contributed by atoms with Crippen LogP contribution < -0.4 is 0 Å². The second-order valence-electron chi connectivity index (χ2n) is 9.47. The van der Waals surface area contributed by atoms with E-state index >= 15 is 0 Å². The van der Waals surface area contributed by atoms with Gasteiger partial charge >= 0.3 is 5.97 Å². The van der Waals surface area contributed by atoms with E-state index in [-0.39, 0.29) is 23.1 Å². The molecular weight excluding hydrogens is 338 g/mol. The minimum Gasteiger partial charge on any atom is -0.465 e. The van der Waals surface area contributed by atoms with Gasteiger partial charge in [0.25, 0.3) is 0 Å². The molecule has 1 fully saturated rings. The van der Waals surface area contributed by atoms with E-state index in [0.717, 1.165) is 42.2 Å². The molecular formula is C23H35NO3. The average molecular weight is 374 g/mol. The van der Waals surface area contributed by atoms with Gasteiger partial charge in [-0.05, 0) is 44.4 Å². The van der Waals surface area contributed by atoms with Gasteiger partial charge in [-0.3, -0.25) is 14.6 Å². The number of nitrogens with zero attached hydrogens (tertiary/aromatic N) is 1. The lowest BCUT2D eigenvalue weighted by molar-refractivity contribution is -0.147. The maximum atomic E-state index is 13.1. The second kappa shape index (κ2) is 8.28. The highest BCUT2D eigenvalue weighted by molar-refractivity contribution is 6.07. The highest BCUT2D eigenvalue weighted by atomic mass is 16.5. The van der Waals surface area contributed by atoms with Crippen molar-refractivity contribution in [2.45, 2.75) is 85.5 Å². The summed E-state index contributed by atoms with van der Waals surface area (Å²) in [6.07, 6.45) is 9.92. The molecule has 0 spiro atoms. The quantitative estimate of drug-likeness (QED) is 0.618. The molecule has 0 amide bonds. The molecule has 0 N–H and O–H groups in total. The molecule has 0 radical (unpaired) electrons. The molecule has 0 bridgehead atoms. The fourth-order valence-corrected chi connectivity index (χ4v) is 5.33. The van der Waals surface area contributed by atoms with E-state index in [9.17, 15) is 9.59 Å². The Labute approximate surface area is 163 Å². The third-order valence-electron chi connectivity index (χ3n) is 6.58. The van der Waals surface area contributed by atoms with Crippen LogP contribution in [0.25, 0.3) is 0 Å². The first-order valence-corrected chi connectivity index (χ1v) is 10.8. The number of ketones is 1. The second-order valence-corrected chi connectivity index (χ2v) is 9.47. The first-order chi connectivity index (χ1) is 12.8. The van der Waals surface area contributed by atoms with E-state index in [1.54, 1.807) is 0 Å². The molecule has 1 heterocycles. The molecule has 0 aromatic carbocycles. The number of hydrogen-bond acceptors (Lipinski definition) is 4. The standard InChI is InChI=1S/C23H35NO3/c1-5-27-22(26)20-15(2)24-18-13-23(3,4)14-19(25)21(18)17(20)12-11-16-9-7-6-8-10-16/h16-17,20H,5-14H2,1-4H3/t17-,20?/m0/s1. The van der Waals surface area contributed by atoms with Crippen molar-refractivity contribution in [2.24, 2.45) is 28.2 Å². The first-order valence-electron chi connectivity index (χ1n) is 10.8. The van der Waals surface area contributed by atoms with Crippen LogP contribution >= 0.6 is 0 Å². The zero-order chi connectivity index (χ0) is 19.6. The van der Waals surface area contributed by atoms with Crippen molar-refractivity contribution in [1.29, 1.82) is 0 Å². The molecule has 1 unspecified atom stereocenters. The lowest BCUT2D eigenvalue weighted by Gasteiger charge is -2.39. The molecule has 3 rings (SSSR count). The third-order valence-corrected chi connectivity index (χ3v) is 6.58. The summed E-state index contributed by atoms with van der Waals surface area (Å²) in [5.41, 5.74) is 2.55. The Balaban J connectivity index is 1.88. The predicted octanol–water partition coefficient (Wildman–Crippen LogP) is 5.26. The zero-order valence-corrected chi connectivity index (χ0v) is 17.5. The van der Waals surface area contributed by atoms with Crippen LogP contribution in [0, 0.1) is 23.2 Å². The lowest BCUT2D eigenvalue weighted by atomic mass is 9.67. The van der Waals surface area contributed by atoms with Crippen LogP contribution in [-0.4, -0.2) is 24.1 Å². The first kappa shape index (κ1) is 20.3. The van der Waals surface area contributed by atoms with Crippen LogP contribution in [0.1, 0.15) is 85.5 Å². The normalized spacial score (nSPS) is 28.6. The summed E-state index contributed by atoms with van der Waals surface area (Å²) < 4.78 is 5.38. The summed E-state index contributed by atoms with van der Waals surface area (Å²) >= 11 is 0. The minimum atomic E-state index is -0.391. The lowest BCUT2D eigenvalue weighted by Crippen LogP contribution is -2.41. The Morgan fingerprint density at radius 1 is 1.15 bits per heavy atom. The maximum absolute atomic E-state index is 13.1. The summed E-state index contributed by atoms with van der Waals surface area (Å²) in [7, 11) is 0. The molecule has 150 valence electrons. The van der Waals surface area contributed by atoms with Gasteiger partial charge in [0.2, 0.25) is 0 Å². The number of hydrogen-bond donors (Lipinski definition) is 0. The Morgan fingerprint density at radius 3 is 2.52 bits per heavy atom.